The minimum Gasteiger partial charge on any atom is -0.497 e. The van der Waals surface area contributed by atoms with E-state index in [4.69, 9.17) is 4.74 Å². The molecule has 26 heavy (non-hydrogen) atoms. The van der Waals surface area contributed by atoms with E-state index < -0.39 is 0 Å². The van der Waals surface area contributed by atoms with Crippen LogP contribution in [0.25, 0.3) is 10.8 Å². The first kappa shape index (κ1) is 18.4. The number of hydrogen-bond acceptors (Lipinski definition) is 3. The van der Waals surface area contributed by atoms with E-state index in [0.29, 0.717) is 6.04 Å². The Bertz CT molecular complexity index is 809. The van der Waals surface area contributed by atoms with E-state index in [1.165, 1.54) is 21.9 Å². The highest BCUT2D eigenvalue weighted by molar-refractivity contribution is 5.86. The Morgan fingerprint density at radius 3 is 2.42 bits per heavy atom. The monoisotopic (exact) mass is 348 g/mol. The minimum atomic E-state index is 0.337. The average molecular weight is 348 g/mol. The number of rotatable bonds is 9. The molecule has 0 spiro atoms. The van der Waals surface area contributed by atoms with Crippen molar-refractivity contribution >= 4 is 10.8 Å². The molecule has 1 unspecified atom stereocenters. The van der Waals surface area contributed by atoms with Crippen molar-refractivity contribution in [3.05, 3.63) is 77.9 Å². The maximum absolute atomic E-state index is 5.19. The Morgan fingerprint density at radius 1 is 0.846 bits per heavy atom. The molecule has 136 valence electrons. The largest absolute Gasteiger partial charge is 0.497 e. The van der Waals surface area contributed by atoms with Crippen LogP contribution in [-0.2, 0) is 6.42 Å². The van der Waals surface area contributed by atoms with E-state index in [1.807, 2.05) is 12.1 Å². The number of hydrogen-bond donors (Lipinski definition) is 2. The van der Waals surface area contributed by atoms with Crippen LogP contribution < -0.4 is 15.4 Å². The van der Waals surface area contributed by atoms with E-state index in [2.05, 4.69) is 72.2 Å². The predicted octanol–water partition coefficient (Wildman–Crippen LogP) is 4.33. The first-order valence-electron chi connectivity index (χ1n) is 9.32. The summed E-state index contributed by atoms with van der Waals surface area (Å²) in [7, 11) is 1.70. The van der Waals surface area contributed by atoms with Gasteiger partial charge in [0, 0.05) is 19.1 Å². The molecular weight excluding hydrogens is 320 g/mol. The predicted molar refractivity (Wildman–Crippen MR) is 110 cm³/mol. The lowest BCUT2D eigenvalue weighted by Gasteiger charge is -2.17. The van der Waals surface area contributed by atoms with Crippen LogP contribution in [0.5, 0.6) is 5.75 Å². The van der Waals surface area contributed by atoms with Crippen molar-refractivity contribution in [2.75, 3.05) is 26.7 Å². The van der Waals surface area contributed by atoms with Crippen LogP contribution in [0.3, 0.4) is 0 Å². The van der Waals surface area contributed by atoms with Gasteiger partial charge in [-0.1, -0.05) is 54.6 Å². The highest BCUT2D eigenvalue weighted by Gasteiger charge is 2.07. The molecule has 0 bridgehead atoms. The third-order valence-corrected chi connectivity index (χ3v) is 4.79. The molecule has 0 aromatic heterocycles. The molecule has 2 N–H and O–H groups in total. The summed E-state index contributed by atoms with van der Waals surface area (Å²) in [6, 6.07) is 23.7. The van der Waals surface area contributed by atoms with Crippen LogP contribution in [0.4, 0.5) is 0 Å². The van der Waals surface area contributed by atoms with Crippen LogP contribution in [0.2, 0.25) is 0 Å². The van der Waals surface area contributed by atoms with Crippen molar-refractivity contribution in [3.63, 3.8) is 0 Å². The highest BCUT2D eigenvalue weighted by Crippen LogP contribution is 2.23. The van der Waals surface area contributed by atoms with E-state index in [0.717, 1.165) is 31.8 Å². The van der Waals surface area contributed by atoms with Crippen molar-refractivity contribution in [2.45, 2.75) is 19.4 Å². The molecule has 3 aromatic rings. The van der Waals surface area contributed by atoms with E-state index in [1.54, 1.807) is 7.11 Å². The van der Waals surface area contributed by atoms with Gasteiger partial charge in [-0.15, -0.1) is 0 Å². The number of fused-ring (bicyclic) bond motifs is 1. The maximum Gasteiger partial charge on any atom is 0.118 e. The van der Waals surface area contributed by atoms with Crippen molar-refractivity contribution in [1.82, 2.24) is 10.6 Å². The molecule has 0 amide bonds. The normalized spacial score (nSPS) is 12.2. The van der Waals surface area contributed by atoms with Gasteiger partial charge in [-0.05, 0) is 53.9 Å². The quantitative estimate of drug-likeness (QED) is 0.565. The molecule has 3 nitrogen and oxygen atoms in total. The standard InChI is InChI=1S/C23H28N2O/c1-18(22-9-5-7-20-6-3-4-8-23(20)22)25-17-16-24-15-14-19-10-12-21(26-2)13-11-19/h3-13,18,24-25H,14-17H2,1-2H3. The Morgan fingerprint density at radius 2 is 1.62 bits per heavy atom. The summed E-state index contributed by atoms with van der Waals surface area (Å²) in [5.41, 5.74) is 2.69. The van der Waals surface area contributed by atoms with Gasteiger partial charge in [0.05, 0.1) is 7.11 Å². The lowest BCUT2D eigenvalue weighted by molar-refractivity contribution is 0.414. The van der Waals surface area contributed by atoms with Gasteiger partial charge in [0.25, 0.3) is 0 Å². The van der Waals surface area contributed by atoms with Gasteiger partial charge in [0.15, 0.2) is 0 Å². The molecular formula is C23H28N2O. The summed E-state index contributed by atoms with van der Waals surface area (Å²) in [6.45, 7) is 5.13. The number of nitrogens with one attached hydrogen (secondary N) is 2. The van der Waals surface area contributed by atoms with Crippen molar-refractivity contribution in [3.8, 4) is 5.75 Å². The third-order valence-electron chi connectivity index (χ3n) is 4.79. The molecule has 3 rings (SSSR count). The summed E-state index contributed by atoms with van der Waals surface area (Å²) < 4.78 is 5.19. The van der Waals surface area contributed by atoms with E-state index >= 15 is 0 Å². The zero-order valence-electron chi connectivity index (χ0n) is 15.7. The fourth-order valence-electron chi connectivity index (χ4n) is 3.27. The topological polar surface area (TPSA) is 33.3 Å². The second-order valence-corrected chi connectivity index (χ2v) is 6.59. The van der Waals surface area contributed by atoms with Gasteiger partial charge in [0.2, 0.25) is 0 Å². The molecule has 0 aliphatic heterocycles. The average Bonchev–Trinajstić information content (AvgIpc) is 2.70. The lowest BCUT2D eigenvalue weighted by atomic mass is 10.00. The Kier molecular flexibility index (Phi) is 6.64. The second kappa shape index (κ2) is 9.37. The summed E-state index contributed by atoms with van der Waals surface area (Å²) >= 11 is 0. The smallest absolute Gasteiger partial charge is 0.118 e. The summed E-state index contributed by atoms with van der Waals surface area (Å²) in [6.07, 6.45) is 1.03. The summed E-state index contributed by atoms with van der Waals surface area (Å²) in [4.78, 5) is 0. The zero-order chi connectivity index (χ0) is 18.2. The SMILES string of the molecule is COc1ccc(CCNCCNC(C)c2cccc3ccccc23)cc1. The van der Waals surface area contributed by atoms with Gasteiger partial charge in [-0.2, -0.15) is 0 Å². The Labute approximate surface area is 156 Å². The molecule has 1 atom stereocenters. The van der Waals surface area contributed by atoms with E-state index in [-0.39, 0.29) is 0 Å². The van der Waals surface area contributed by atoms with Gasteiger partial charge in [-0.3, -0.25) is 0 Å². The molecule has 0 fully saturated rings. The third kappa shape index (κ3) is 4.84. The molecule has 0 aliphatic carbocycles. The first-order chi connectivity index (χ1) is 12.8. The van der Waals surface area contributed by atoms with Crippen molar-refractivity contribution < 1.29 is 4.74 Å². The first-order valence-corrected chi connectivity index (χ1v) is 9.32. The highest BCUT2D eigenvalue weighted by atomic mass is 16.5. The lowest BCUT2D eigenvalue weighted by Crippen LogP contribution is -2.30. The van der Waals surface area contributed by atoms with Gasteiger partial charge >= 0.3 is 0 Å². The van der Waals surface area contributed by atoms with Crippen LogP contribution >= 0.6 is 0 Å². The fourth-order valence-corrected chi connectivity index (χ4v) is 3.27. The molecule has 0 heterocycles. The summed E-state index contributed by atoms with van der Waals surface area (Å²) in [5.74, 6) is 0.910. The maximum atomic E-state index is 5.19. The number of methoxy groups -OCH3 is 1. The van der Waals surface area contributed by atoms with E-state index in [9.17, 15) is 0 Å². The molecule has 0 radical (unpaired) electrons. The molecule has 0 saturated heterocycles. The Balaban J connectivity index is 1.40. The zero-order valence-corrected chi connectivity index (χ0v) is 15.7. The van der Waals surface area contributed by atoms with Gasteiger partial charge < -0.3 is 15.4 Å². The molecule has 3 heteroatoms. The van der Waals surface area contributed by atoms with Crippen molar-refractivity contribution in [1.29, 1.82) is 0 Å². The number of benzene rings is 3. The van der Waals surface area contributed by atoms with Gasteiger partial charge in [0.1, 0.15) is 5.75 Å². The van der Waals surface area contributed by atoms with Gasteiger partial charge in [-0.25, -0.2) is 0 Å². The minimum absolute atomic E-state index is 0.337. The van der Waals surface area contributed by atoms with Crippen LogP contribution in [0, 0.1) is 0 Å². The molecule has 3 aromatic carbocycles. The summed E-state index contributed by atoms with van der Waals surface area (Å²) in [5, 5.41) is 9.78. The van der Waals surface area contributed by atoms with Crippen molar-refractivity contribution in [2.24, 2.45) is 0 Å². The van der Waals surface area contributed by atoms with Crippen LogP contribution in [-0.4, -0.2) is 26.7 Å². The number of ether oxygens (including phenoxy) is 1. The van der Waals surface area contributed by atoms with Crippen LogP contribution in [0.15, 0.2) is 66.7 Å². The van der Waals surface area contributed by atoms with Crippen LogP contribution in [0.1, 0.15) is 24.1 Å². The Hall–Kier alpha value is -2.36. The molecule has 0 aliphatic rings. The molecule has 0 saturated carbocycles. The fraction of sp³-hybridized carbons (Fsp3) is 0.304. The second-order valence-electron chi connectivity index (χ2n) is 6.59.